The number of carbonyl (C=O) groups excluding carboxylic acids is 2. The molecule has 0 bridgehead atoms. The molecule has 1 aromatic carbocycles. The van der Waals surface area contributed by atoms with Crippen molar-refractivity contribution in [3.8, 4) is 0 Å². The third kappa shape index (κ3) is 5.05. The second-order valence-corrected chi connectivity index (χ2v) is 7.01. The van der Waals surface area contributed by atoms with E-state index in [4.69, 9.17) is 25.9 Å². The Morgan fingerprint density at radius 2 is 2.08 bits per heavy atom. The van der Waals surface area contributed by atoms with E-state index in [0.29, 0.717) is 5.76 Å². The minimum Gasteiger partial charge on any atom is -0.467 e. The Hall–Kier alpha value is -2.36. The maximum Gasteiger partial charge on any atom is 0.338 e. The highest BCUT2D eigenvalue weighted by Gasteiger charge is 2.18. The van der Waals surface area contributed by atoms with E-state index in [9.17, 15) is 18.0 Å². The van der Waals surface area contributed by atoms with E-state index >= 15 is 0 Å². The molecule has 1 amide bonds. The number of carbonyl (C=O) groups is 2. The number of amides is 1. The molecule has 0 aliphatic heterocycles. The normalized spacial score (nSPS) is 12.4. The lowest BCUT2D eigenvalue weighted by molar-refractivity contribution is -0.125. The lowest BCUT2D eigenvalue weighted by Gasteiger charge is -2.12. The SMILES string of the molecule is C[C@H](NC(=O)COC(=O)c1ccc(Cl)c(S(N)(=O)=O)c1)c1ccco1. The molecule has 0 aliphatic rings. The molecule has 2 aromatic rings. The van der Waals surface area contributed by atoms with Crippen LogP contribution < -0.4 is 10.5 Å². The first-order valence-electron chi connectivity index (χ1n) is 7.00. The molecule has 1 heterocycles. The van der Waals surface area contributed by atoms with Crippen molar-refractivity contribution in [1.29, 1.82) is 0 Å². The van der Waals surface area contributed by atoms with E-state index in [1.807, 2.05) is 0 Å². The number of ether oxygens (including phenoxy) is 1. The maximum atomic E-state index is 12.0. The third-order valence-corrected chi connectivity index (χ3v) is 4.55. The largest absolute Gasteiger partial charge is 0.467 e. The van der Waals surface area contributed by atoms with Crippen LogP contribution in [0.4, 0.5) is 0 Å². The van der Waals surface area contributed by atoms with Gasteiger partial charge in [0.15, 0.2) is 6.61 Å². The van der Waals surface area contributed by atoms with Gasteiger partial charge in [-0.1, -0.05) is 11.6 Å². The summed E-state index contributed by atoms with van der Waals surface area (Å²) in [5.74, 6) is -0.879. The van der Waals surface area contributed by atoms with E-state index in [1.165, 1.54) is 18.4 Å². The number of primary sulfonamides is 1. The van der Waals surface area contributed by atoms with Crippen LogP contribution >= 0.6 is 11.6 Å². The minimum absolute atomic E-state index is 0.0969. The fourth-order valence-electron chi connectivity index (χ4n) is 1.95. The molecule has 1 atom stereocenters. The molecule has 0 fully saturated rings. The van der Waals surface area contributed by atoms with Crippen molar-refractivity contribution in [3.05, 3.63) is 52.9 Å². The molecular formula is C15H15ClN2O6S. The Morgan fingerprint density at radius 1 is 1.36 bits per heavy atom. The van der Waals surface area contributed by atoms with Gasteiger partial charge in [0.25, 0.3) is 5.91 Å². The average molecular weight is 387 g/mol. The number of sulfonamides is 1. The summed E-state index contributed by atoms with van der Waals surface area (Å²) in [6, 6.07) is 6.44. The standard InChI is InChI=1S/C15H15ClN2O6S/c1-9(12-3-2-6-23-12)18-14(19)8-24-15(20)10-4-5-11(16)13(7-10)25(17,21)22/h2-7,9H,8H2,1H3,(H,18,19)(H2,17,21,22)/t9-/m0/s1. The highest BCUT2D eigenvalue weighted by Crippen LogP contribution is 2.21. The number of halogens is 1. The Balaban J connectivity index is 1.97. The monoisotopic (exact) mass is 386 g/mol. The molecule has 0 spiro atoms. The molecule has 0 saturated heterocycles. The summed E-state index contributed by atoms with van der Waals surface area (Å²) in [7, 11) is -4.09. The molecule has 0 radical (unpaired) electrons. The van der Waals surface area contributed by atoms with Gasteiger partial charge in [-0.05, 0) is 37.3 Å². The lowest BCUT2D eigenvalue weighted by Crippen LogP contribution is -2.31. The lowest BCUT2D eigenvalue weighted by atomic mass is 10.2. The Bertz CT molecular complexity index is 879. The van der Waals surface area contributed by atoms with Crippen LogP contribution in [0.3, 0.4) is 0 Å². The topological polar surface area (TPSA) is 129 Å². The smallest absolute Gasteiger partial charge is 0.338 e. The summed E-state index contributed by atoms with van der Waals surface area (Å²) >= 11 is 5.73. The molecule has 0 aliphatic carbocycles. The van der Waals surface area contributed by atoms with E-state index in [0.717, 1.165) is 6.07 Å². The number of benzene rings is 1. The number of rotatable bonds is 6. The van der Waals surface area contributed by atoms with Gasteiger partial charge in [-0.25, -0.2) is 18.4 Å². The van der Waals surface area contributed by atoms with Crippen LogP contribution in [0, 0.1) is 0 Å². The van der Waals surface area contributed by atoms with Crippen LogP contribution in [0.1, 0.15) is 29.1 Å². The van der Waals surface area contributed by atoms with Gasteiger partial charge in [0.2, 0.25) is 10.0 Å². The van der Waals surface area contributed by atoms with Crippen molar-refractivity contribution in [3.63, 3.8) is 0 Å². The highest BCUT2D eigenvalue weighted by atomic mass is 35.5. The molecule has 10 heteroatoms. The summed E-state index contributed by atoms with van der Waals surface area (Å²) < 4.78 is 32.8. The second-order valence-electron chi connectivity index (χ2n) is 5.07. The summed E-state index contributed by atoms with van der Waals surface area (Å²) in [6.45, 7) is 1.16. The quantitative estimate of drug-likeness (QED) is 0.725. The predicted octanol–water partition coefficient (Wildman–Crippen LogP) is 1.61. The summed E-state index contributed by atoms with van der Waals surface area (Å²) in [5.41, 5.74) is -0.0969. The molecule has 2 rings (SSSR count). The van der Waals surface area contributed by atoms with Crippen LogP contribution in [0.2, 0.25) is 5.02 Å². The molecule has 134 valence electrons. The zero-order chi connectivity index (χ0) is 18.6. The van der Waals surface area contributed by atoms with Gasteiger partial charge in [0.05, 0.1) is 22.9 Å². The number of hydrogen-bond acceptors (Lipinski definition) is 6. The van der Waals surface area contributed by atoms with E-state index in [2.05, 4.69) is 5.32 Å². The van der Waals surface area contributed by atoms with E-state index in [-0.39, 0.29) is 10.6 Å². The number of furan rings is 1. The molecule has 8 nitrogen and oxygen atoms in total. The Morgan fingerprint density at radius 3 is 2.68 bits per heavy atom. The van der Waals surface area contributed by atoms with Gasteiger partial charge in [-0.3, -0.25) is 4.79 Å². The van der Waals surface area contributed by atoms with Gasteiger partial charge in [0, 0.05) is 0 Å². The molecule has 1 aromatic heterocycles. The zero-order valence-electron chi connectivity index (χ0n) is 13.1. The van der Waals surface area contributed by atoms with E-state index < -0.39 is 39.4 Å². The van der Waals surface area contributed by atoms with Gasteiger partial charge < -0.3 is 14.5 Å². The Kier molecular flexibility index (Phi) is 5.83. The first kappa shape index (κ1) is 19.0. The molecule has 0 unspecified atom stereocenters. The average Bonchev–Trinajstić information content (AvgIpc) is 3.06. The fraction of sp³-hybridized carbons (Fsp3) is 0.200. The van der Waals surface area contributed by atoms with Crippen molar-refractivity contribution in [1.82, 2.24) is 5.32 Å². The molecule has 3 N–H and O–H groups in total. The van der Waals surface area contributed by atoms with Gasteiger partial charge in [0.1, 0.15) is 10.7 Å². The van der Waals surface area contributed by atoms with Crippen LogP contribution in [-0.2, 0) is 19.6 Å². The maximum absolute atomic E-state index is 12.0. The number of esters is 1. The number of nitrogens with one attached hydrogen (secondary N) is 1. The first-order chi connectivity index (χ1) is 11.7. The Labute approximate surface area is 148 Å². The summed E-state index contributed by atoms with van der Waals surface area (Å²) in [6.07, 6.45) is 1.47. The van der Waals surface area contributed by atoms with Crippen molar-refractivity contribution < 1.29 is 27.2 Å². The van der Waals surface area contributed by atoms with Crippen LogP contribution in [0.5, 0.6) is 0 Å². The number of hydrogen-bond donors (Lipinski definition) is 2. The fourth-order valence-corrected chi connectivity index (χ4v) is 3.03. The van der Waals surface area contributed by atoms with Gasteiger partial charge in [-0.15, -0.1) is 0 Å². The van der Waals surface area contributed by atoms with Crippen LogP contribution in [0.25, 0.3) is 0 Å². The second kappa shape index (κ2) is 7.68. The summed E-state index contributed by atoms with van der Waals surface area (Å²) in [5, 5.41) is 7.48. The summed E-state index contributed by atoms with van der Waals surface area (Å²) in [4.78, 5) is 23.3. The first-order valence-corrected chi connectivity index (χ1v) is 8.93. The number of nitrogens with two attached hydrogens (primary N) is 1. The third-order valence-electron chi connectivity index (χ3n) is 3.16. The van der Waals surface area contributed by atoms with Crippen LogP contribution in [-0.4, -0.2) is 26.9 Å². The zero-order valence-corrected chi connectivity index (χ0v) is 14.6. The van der Waals surface area contributed by atoms with Crippen LogP contribution in [0.15, 0.2) is 45.9 Å². The predicted molar refractivity (Wildman–Crippen MR) is 88.4 cm³/mol. The van der Waals surface area contributed by atoms with Gasteiger partial charge in [-0.2, -0.15) is 0 Å². The van der Waals surface area contributed by atoms with Crippen molar-refractivity contribution in [2.45, 2.75) is 17.9 Å². The molecule has 25 heavy (non-hydrogen) atoms. The van der Waals surface area contributed by atoms with Crippen molar-refractivity contribution in [2.24, 2.45) is 5.14 Å². The van der Waals surface area contributed by atoms with Crippen molar-refractivity contribution >= 4 is 33.5 Å². The highest BCUT2D eigenvalue weighted by molar-refractivity contribution is 7.89. The minimum atomic E-state index is -4.09. The van der Waals surface area contributed by atoms with Gasteiger partial charge >= 0.3 is 5.97 Å². The molecular weight excluding hydrogens is 372 g/mol. The van der Waals surface area contributed by atoms with E-state index in [1.54, 1.807) is 19.1 Å². The molecule has 0 saturated carbocycles. The van der Waals surface area contributed by atoms with Crippen molar-refractivity contribution in [2.75, 3.05) is 6.61 Å².